The zero-order valence-corrected chi connectivity index (χ0v) is 57.2. The summed E-state index contributed by atoms with van der Waals surface area (Å²) in [6, 6.07) is 117. The first kappa shape index (κ1) is 66.0. The maximum atomic E-state index is 2.35. The van der Waals surface area contributed by atoms with Gasteiger partial charge in [0.2, 0.25) is 0 Å². The highest BCUT2D eigenvalue weighted by molar-refractivity contribution is 5.86. The molecule has 0 saturated carbocycles. The van der Waals surface area contributed by atoms with Gasteiger partial charge in [0.05, 0.1) is 0 Å². The van der Waals surface area contributed by atoms with E-state index in [1.54, 1.807) is 0 Å². The van der Waals surface area contributed by atoms with Crippen LogP contribution in [0.2, 0.25) is 0 Å². The molecule has 0 unspecified atom stereocenters. The minimum atomic E-state index is 1.10. The highest BCUT2D eigenvalue weighted by atomic mass is 15.1. The van der Waals surface area contributed by atoms with Crippen LogP contribution in [0, 0.1) is 27.7 Å². The summed E-state index contributed by atoms with van der Waals surface area (Å²) < 4.78 is 0. The number of rotatable bonds is 22. The molecule has 13 aromatic carbocycles. The zero-order valence-electron chi connectivity index (χ0n) is 57.2. The lowest BCUT2D eigenvalue weighted by molar-refractivity contribution is 1.25. The molecule has 0 N–H and O–H groups in total. The molecule has 0 radical (unpaired) electrons. The third-order valence-corrected chi connectivity index (χ3v) is 17.7. The molecule has 13 aromatic rings. The van der Waals surface area contributed by atoms with Crippen molar-refractivity contribution in [2.24, 2.45) is 0 Å². The quantitative estimate of drug-likeness (QED) is 0.0493. The van der Waals surface area contributed by atoms with E-state index in [4.69, 9.17) is 0 Å². The van der Waals surface area contributed by atoms with Crippen LogP contribution in [0.3, 0.4) is 0 Å². The molecule has 0 amide bonds. The molecular formula is C98H80N2. The zero-order chi connectivity index (χ0) is 68.2. The van der Waals surface area contributed by atoms with E-state index in [0.29, 0.717) is 0 Å². The predicted molar refractivity (Wildman–Crippen MR) is 434 cm³/mol. The molecule has 0 aromatic heterocycles. The molecule has 13 rings (SSSR count). The minimum Gasteiger partial charge on any atom is -0.310 e. The van der Waals surface area contributed by atoms with Crippen LogP contribution in [0.25, 0.3) is 71.9 Å². The Morgan fingerprint density at radius 1 is 0.190 bits per heavy atom. The Balaban J connectivity index is 0.631. The van der Waals surface area contributed by atoms with Gasteiger partial charge in [-0.05, 0) is 212 Å². The van der Waals surface area contributed by atoms with E-state index in [1.165, 1.54) is 55.7 Å². The number of anilines is 6. The number of nitrogens with zero attached hydrogens (tertiary/aromatic N) is 2. The second-order valence-electron chi connectivity index (χ2n) is 25.4. The Morgan fingerprint density at radius 3 is 0.570 bits per heavy atom. The Morgan fingerprint density at radius 2 is 0.370 bits per heavy atom. The summed E-state index contributed by atoms with van der Waals surface area (Å²) in [4.78, 5) is 4.69. The molecule has 482 valence electrons. The molecule has 2 nitrogen and oxygen atoms in total. The number of allylic oxidation sites excluding steroid dienone is 4. The first-order chi connectivity index (χ1) is 49.1. The van der Waals surface area contributed by atoms with E-state index in [9.17, 15) is 0 Å². The molecule has 0 spiro atoms. The summed E-state index contributed by atoms with van der Waals surface area (Å²) in [5, 5.41) is 0. The lowest BCUT2D eigenvalue weighted by Crippen LogP contribution is -2.10. The van der Waals surface area contributed by atoms with Crippen molar-refractivity contribution in [3.05, 3.63) is 452 Å². The Bertz CT molecular complexity index is 4640. The number of benzene rings is 13. The van der Waals surface area contributed by atoms with Gasteiger partial charge in [0, 0.05) is 34.1 Å². The molecule has 2 heteroatoms. The summed E-state index contributed by atoms with van der Waals surface area (Å²) in [5.74, 6) is 0. The van der Waals surface area contributed by atoms with Crippen molar-refractivity contribution in [1.82, 2.24) is 0 Å². The summed E-state index contributed by atoms with van der Waals surface area (Å²) in [6.45, 7) is 8.67. The van der Waals surface area contributed by atoms with Crippen LogP contribution in [0.15, 0.2) is 352 Å². The first-order valence-corrected chi connectivity index (χ1v) is 34.3. The van der Waals surface area contributed by atoms with Crippen LogP contribution in [0.1, 0.15) is 100 Å². The normalized spacial score (nSPS) is 11.6. The van der Waals surface area contributed by atoms with Gasteiger partial charge >= 0.3 is 0 Å². The van der Waals surface area contributed by atoms with Crippen LogP contribution < -0.4 is 9.80 Å². The molecule has 0 aliphatic carbocycles. The van der Waals surface area contributed by atoms with Gasteiger partial charge in [0.25, 0.3) is 0 Å². The van der Waals surface area contributed by atoms with Gasteiger partial charge in [0.15, 0.2) is 0 Å². The van der Waals surface area contributed by atoms with Crippen LogP contribution in [0.4, 0.5) is 34.1 Å². The number of hydrogen-bond donors (Lipinski definition) is 0. The Kier molecular flexibility index (Phi) is 21.4. The largest absolute Gasteiger partial charge is 0.310 e. The van der Waals surface area contributed by atoms with E-state index in [1.807, 2.05) is 0 Å². The number of hydrogen-bond acceptors (Lipinski definition) is 2. The molecule has 0 aliphatic rings. The van der Waals surface area contributed by atoms with Gasteiger partial charge in [-0.15, -0.1) is 0 Å². The summed E-state index contributed by atoms with van der Waals surface area (Å²) >= 11 is 0. The highest BCUT2D eigenvalue weighted by Gasteiger charge is 2.16. The fourth-order valence-corrected chi connectivity index (χ4v) is 12.6. The van der Waals surface area contributed by atoms with Crippen molar-refractivity contribution in [2.45, 2.75) is 27.7 Å². The highest BCUT2D eigenvalue weighted by Crippen LogP contribution is 2.39. The van der Waals surface area contributed by atoms with Gasteiger partial charge in [-0.1, -0.05) is 340 Å². The molecule has 0 bridgehead atoms. The fourth-order valence-electron chi connectivity index (χ4n) is 12.6. The average Bonchev–Trinajstić information content (AvgIpc) is 0.797. The van der Waals surface area contributed by atoms with Crippen LogP contribution in [0.5, 0.6) is 0 Å². The standard InChI is InChI=1S/C98H80N2/c1-73-67-74(2)70-95(69-73)99(91-59-51-83(52-60-91)47-43-79-35-31-77(32-36-79)19-17-29-97(87-21-9-5-10-22-87)88-23-11-6-12-24-88)93-63-55-85(56-64-93)49-45-81-39-41-82(42-40-81)46-50-86-57-65-94(66-58-86)100(96-71-75(3)68-76(4)72-96)92-61-53-84(54-62-92)48-44-80-37-33-78(34-38-80)20-18-30-98(89-25-13-7-14-26-89)90-27-15-8-16-28-90/h5-72H,1-4H3/b19-17+,20-18+,47-43+,48-44+,49-45+,50-46+. The van der Waals surface area contributed by atoms with Crippen molar-refractivity contribution in [1.29, 1.82) is 0 Å². The molecule has 0 heterocycles. The summed E-state index contributed by atoms with van der Waals surface area (Å²) in [5.41, 5.74) is 30.2. The molecule has 0 saturated heterocycles. The van der Waals surface area contributed by atoms with Gasteiger partial charge in [-0.25, -0.2) is 0 Å². The average molecular weight is 1290 g/mol. The smallest absolute Gasteiger partial charge is 0.0466 e. The Labute approximate surface area is 591 Å². The lowest BCUT2D eigenvalue weighted by atomic mass is 9.97. The second-order valence-corrected chi connectivity index (χ2v) is 25.4. The fraction of sp³-hybridized carbons (Fsp3) is 0.0408. The van der Waals surface area contributed by atoms with Crippen LogP contribution >= 0.6 is 0 Å². The third kappa shape index (κ3) is 17.7. The van der Waals surface area contributed by atoms with E-state index in [-0.39, 0.29) is 0 Å². The van der Waals surface area contributed by atoms with Crippen molar-refractivity contribution >= 4 is 106 Å². The maximum absolute atomic E-state index is 2.35. The van der Waals surface area contributed by atoms with E-state index < -0.39 is 0 Å². The van der Waals surface area contributed by atoms with Gasteiger partial charge in [0.1, 0.15) is 0 Å². The third-order valence-electron chi connectivity index (χ3n) is 17.7. The van der Waals surface area contributed by atoms with Crippen molar-refractivity contribution in [3.8, 4) is 0 Å². The van der Waals surface area contributed by atoms with Crippen molar-refractivity contribution < 1.29 is 0 Å². The van der Waals surface area contributed by atoms with Crippen LogP contribution in [-0.4, -0.2) is 0 Å². The molecule has 0 atom stereocenters. The minimum absolute atomic E-state index is 1.10. The van der Waals surface area contributed by atoms with Crippen molar-refractivity contribution in [3.63, 3.8) is 0 Å². The van der Waals surface area contributed by atoms with Crippen LogP contribution in [-0.2, 0) is 0 Å². The molecule has 0 fully saturated rings. The van der Waals surface area contributed by atoms with Gasteiger partial charge < -0.3 is 9.80 Å². The van der Waals surface area contributed by atoms with E-state index in [2.05, 4.69) is 450 Å². The summed E-state index contributed by atoms with van der Waals surface area (Å²) in [6.07, 6.45) is 30.5. The molecular weight excluding hydrogens is 1210 g/mol. The van der Waals surface area contributed by atoms with Gasteiger partial charge in [-0.3, -0.25) is 0 Å². The second kappa shape index (κ2) is 32.4. The monoisotopic (exact) mass is 1280 g/mol. The SMILES string of the molecule is Cc1cc(C)cc(N(c2ccc(/C=C/c3ccc(/C=C/C=C(c4ccccc4)c4ccccc4)cc3)cc2)c2ccc(/C=C/c3ccc(/C=C/c4ccc(N(c5ccc(/C=C/c6ccc(/C=C/C=C(c7ccccc7)c7ccccc7)cc6)cc5)c5cc(C)cc(C)c5)cc4)cc3)cc2)c1. The van der Waals surface area contributed by atoms with E-state index in [0.717, 1.165) is 89.8 Å². The maximum Gasteiger partial charge on any atom is 0.0466 e. The molecule has 100 heavy (non-hydrogen) atoms. The summed E-state index contributed by atoms with van der Waals surface area (Å²) in [7, 11) is 0. The Hall–Kier alpha value is -12.6. The first-order valence-electron chi connectivity index (χ1n) is 34.3. The predicted octanol–water partition coefficient (Wildman–Crippen LogP) is 26.8. The number of aryl methyl sites for hydroxylation is 4. The van der Waals surface area contributed by atoms with Gasteiger partial charge in [-0.2, -0.15) is 0 Å². The van der Waals surface area contributed by atoms with Crippen molar-refractivity contribution in [2.75, 3.05) is 9.80 Å². The molecule has 0 aliphatic heterocycles. The topological polar surface area (TPSA) is 6.48 Å². The van der Waals surface area contributed by atoms with E-state index >= 15 is 0 Å². The lowest BCUT2D eigenvalue weighted by Gasteiger charge is -2.26.